The molecule has 1 amide bonds. The lowest BCUT2D eigenvalue weighted by Gasteiger charge is -2.01. The normalized spacial score (nSPS) is 10.4. The zero-order chi connectivity index (χ0) is 13.9. The minimum Gasteiger partial charge on any atom is -0.301 e. The van der Waals surface area contributed by atoms with Crippen LogP contribution in [0.2, 0.25) is 0 Å². The van der Waals surface area contributed by atoms with Crippen molar-refractivity contribution in [2.24, 2.45) is 0 Å². The average Bonchev–Trinajstić information content (AvgIpc) is 3.10. The Bertz CT molecular complexity index is 717. The molecule has 0 aliphatic carbocycles. The Morgan fingerprint density at radius 1 is 1.20 bits per heavy atom. The van der Waals surface area contributed by atoms with Crippen LogP contribution in [0.1, 0.15) is 15.2 Å². The summed E-state index contributed by atoms with van der Waals surface area (Å²) in [4.78, 5) is 12.6. The minimum absolute atomic E-state index is 0.218. The number of aryl methyl sites for hydroxylation is 1. The number of rotatable bonds is 3. The van der Waals surface area contributed by atoms with Crippen LogP contribution in [0, 0.1) is 6.92 Å². The summed E-state index contributed by atoms with van der Waals surface area (Å²) in [6.45, 7) is 2.00. The Kier molecular flexibility index (Phi) is 3.30. The van der Waals surface area contributed by atoms with Crippen LogP contribution in [-0.2, 0) is 0 Å². The molecule has 0 unspecified atom stereocenters. The maximum atomic E-state index is 12.0. The molecule has 0 radical (unpaired) electrons. The van der Waals surface area contributed by atoms with Crippen molar-refractivity contribution < 1.29 is 9.42 Å². The van der Waals surface area contributed by atoms with Crippen LogP contribution >= 0.6 is 11.3 Å². The highest BCUT2D eigenvalue weighted by Gasteiger charge is 2.16. The van der Waals surface area contributed by atoms with Crippen LogP contribution < -0.4 is 5.32 Å². The second-order valence-electron chi connectivity index (χ2n) is 4.26. The van der Waals surface area contributed by atoms with E-state index in [1.54, 1.807) is 6.07 Å². The van der Waals surface area contributed by atoms with E-state index in [9.17, 15) is 4.79 Å². The second kappa shape index (κ2) is 5.26. The third kappa shape index (κ3) is 2.46. The van der Waals surface area contributed by atoms with Crippen LogP contribution in [0.3, 0.4) is 0 Å². The Hall–Kier alpha value is -2.47. The van der Waals surface area contributed by atoms with Gasteiger partial charge in [-0.15, -0.1) is 11.3 Å². The van der Waals surface area contributed by atoms with Gasteiger partial charge < -0.3 is 5.32 Å². The number of amides is 1. The highest BCUT2D eigenvalue weighted by Crippen LogP contribution is 2.25. The van der Waals surface area contributed by atoms with Crippen molar-refractivity contribution in [3.8, 4) is 11.3 Å². The highest BCUT2D eigenvalue weighted by atomic mass is 32.1. The van der Waals surface area contributed by atoms with Gasteiger partial charge in [0.25, 0.3) is 5.91 Å². The molecule has 0 aliphatic heterocycles. The zero-order valence-electron chi connectivity index (χ0n) is 10.7. The predicted molar refractivity (Wildman–Crippen MR) is 76.7 cm³/mol. The van der Waals surface area contributed by atoms with Gasteiger partial charge in [-0.1, -0.05) is 35.9 Å². The maximum Gasteiger partial charge on any atom is 0.267 e. The molecule has 1 aromatic carbocycles. The van der Waals surface area contributed by atoms with Gasteiger partial charge in [0, 0.05) is 5.56 Å². The second-order valence-corrected chi connectivity index (χ2v) is 5.21. The summed E-state index contributed by atoms with van der Waals surface area (Å²) < 4.78 is 4.74. The molecule has 1 N–H and O–H groups in total. The quantitative estimate of drug-likeness (QED) is 0.801. The molecule has 3 aromatic rings. The molecule has 6 heteroatoms. The number of hydrogen-bond acceptors (Lipinski definition) is 5. The first kappa shape index (κ1) is 12.6. The minimum atomic E-state index is -0.218. The van der Waals surface area contributed by atoms with Crippen molar-refractivity contribution in [1.82, 2.24) is 10.3 Å². The molecule has 0 fully saturated rings. The number of carbonyl (C=O) groups excluding carboxylic acids is 1. The summed E-state index contributed by atoms with van der Waals surface area (Å²) in [7, 11) is 0. The number of hydrogen-bond donors (Lipinski definition) is 1. The first-order valence-corrected chi connectivity index (χ1v) is 6.86. The summed E-state index contributed by atoms with van der Waals surface area (Å²) in [6, 6.07) is 11.3. The summed E-state index contributed by atoms with van der Waals surface area (Å²) >= 11 is 1.37. The van der Waals surface area contributed by atoms with Gasteiger partial charge in [0.05, 0.1) is 4.88 Å². The molecule has 3 rings (SSSR count). The number of benzene rings is 1. The van der Waals surface area contributed by atoms with Crippen LogP contribution in [0.25, 0.3) is 11.3 Å². The molecule has 20 heavy (non-hydrogen) atoms. The lowest BCUT2D eigenvalue weighted by Crippen LogP contribution is -2.11. The lowest BCUT2D eigenvalue weighted by molar-refractivity contribution is 0.102. The first-order chi connectivity index (χ1) is 9.74. The third-order valence-electron chi connectivity index (χ3n) is 2.79. The molecular formula is C14H11N3O2S. The molecule has 2 aromatic heterocycles. The molecule has 2 heterocycles. The van der Waals surface area contributed by atoms with Crippen LogP contribution in [0.4, 0.5) is 5.82 Å². The van der Waals surface area contributed by atoms with Crippen LogP contribution in [-0.4, -0.2) is 16.2 Å². The van der Waals surface area contributed by atoms with Crippen molar-refractivity contribution in [2.45, 2.75) is 6.92 Å². The Labute approximate surface area is 119 Å². The number of anilines is 1. The monoisotopic (exact) mass is 285 g/mol. The number of nitrogens with zero attached hydrogens (tertiary/aromatic N) is 2. The van der Waals surface area contributed by atoms with E-state index in [2.05, 4.69) is 15.6 Å². The van der Waals surface area contributed by atoms with Crippen molar-refractivity contribution in [2.75, 3.05) is 5.32 Å². The van der Waals surface area contributed by atoms with Gasteiger partial charge in [0.2, 0.25) is 5.82 Å². The van der Waals surface area contributed by atoms with Gasteiger partial charge in [-0.05, 0) is 28.7 Å². The zero-order valence-corrected chi connectivity index (χ0v) is 11.5. The standard InChI is InChI=1S/C14H11N3O2S/c1-9-4-6-10(7-5-9)12-13(17-19-16-12)15-14(18)11-3-2-8-20-11/h2-8H,1H3,(H,15,17,18). The van der Waals surface area contributed by atoms with E-state index in [0.717, 1.165) is 11.1 Å². The molecule has 100 valence electrons. The first-order valence-electron chi connectivity index (χ1n) is 5.98. The maximum absolute atomic E-state index is 12.0. The largest absolute Gasteiger partial charge is 0.301 e. The number of aromatic nitrogens is 2. The Morgan fingerprint density at radius 2 is 2.00 bits per heavy atom. The molecule has 0 spiro atoms. The van der Waals surface area contributed by atoms with Crippen molar-refractivity contribution in [1.29, 1.82) is 0 Å². The number of carbonyl (C=O) groups is 1. The van der Waals surface area contributed by atoms with Crippen LogP contribution in [0.15, 0.2) is 46.4 Å². The lowest BCUT2D eigenvalue weighted by atomic mass is 10.1. The van der Waals surface area contributed by atoms with Crippen molar-refractivity contribution in [3.63, 3.8) is 0 Å². The van der Waals surface area contributed by atoms with Gasteiger partial charge in [-0.3, -0.25) is 4.79 Å². The van der Waals surface area contributed by atoms with Gasteiger partial charge in [0.1, 0.15) is 0 Å². The Balaban J connectivity index is 1.87. The molecular weight excluding hydrogens is 274 g/mol. The van der Waals surface area contributed by atoms with E-state index in [1.807, 2.05) is 42.6 Å². The molecule has 0 atom stereocenters. The van der Waals surface area contributed by atoms with E-state index in [0.29, 0.717) is 16.4 Å². The van der Waals surface area contributed by atoms with Crippen LogP contribution in [0.5, 0.6) is 0 Å². The van der Waals surface area contributed by atoms with E-state index in [-0.39, 0.29) is 5.91 Å². The fourth-order valence-electron chi connectivity index (χ4n) is 1.75. The SMILES string of the molecule is Cc1ccc(-c2nonc2NC(=O)c2cccs2)cc1. The molecule has 0 saturated carbocycles. The predicted octanol–water partition coefficient (Wildman–Crippen LogP) is 3.36. The fraction of sp³-hybridized carbons (Fsp3) is 0.0714. The summed E-state index contributed by atoms with van der Waals surface area (Å²) in [5.41, 5.74) is 2.52. The third-order valence-corrected chi connectivity index (χ3v) is 3.66. The van der Waals surface area contributed by atoms with Gasteiger partial charge >= 0.3 is 0 Å². The average molecular weight is 285 g/mol. The van der Waals surface area contributed by atoms with E-state index in [1.165, 1.54) is 11.3 Å². The van der Waals surface area contributed by atoms with Gasteiger partial charge in [-0.2, -0.15) is 0 Å². The molecule has 5 nitrogen and oxygen atoms in total. The molecule has 0 saturated heterocycles. The van der Waals surface area contributed by atoms with Gasteiger partial charge in [-0.25, -0.2) is 4.63 Å². The molecule has 0 bridgehead atoms. The summed E-state index contributed by atoms with van der Waals surface area (Å²) in [6.07, 6.45) is 0. The summed E-state index contributed by atoms with van der Waals surface area (Å²) in [5, 5.41) is 12.2. The summed E-state index contributed by atoms with van der Waals surface area (Å²) in [5.74, 6) is 0.108. The van der Waals surface area contributed by atoms with Crippen molar-refractivity contribution in [3.05, 3.63) is 52.2 Å². The molecule has 0 aliphatic rings. The van der Waals surface area contributed by atoms with E-state index < -0.39 is 0 Å². The fourth-order valence-corrected chi connectivity index (χ4v) is 2.37. The van der Waals surface area contributed by atoms with E-state index in [4.69, 9.17) is 4.63 Å². The highest BCUT2D eigenvalue weighted by molar-refractivity contribution is 7.12. The van der Waals surface area contributed by atoms with E-state index >= 15 is 0 Å². The number of thiophene rings is 1. The topological polar surface area (TPSA) is 68.0 Å². The van der Waals surface area contributed by atoms with Gasteiger partial charge in [0.15, 0.2) is 5.69 Å². The number of nitrogens with one attached hydrogen (secondary N) is 1. The smallest absolute Gasteiger partial charge is 0.267 e. The van der Waals surface area contributed by atoms with Crippen molar-refractivity contribution >= 4 is 23.1 Å². The Morgan fingerprint density at radius 3 is 2.70 bits per heavy atom.